The fourth-order valence-electron chi connectivity index (χ4n) is 1.39. The van der Waals surface area contributed by atoms with E-state index in [4.69, 9.17) is 0 Å². The van der Waals surface area contributed by atoms with Gasteiger partial charge in [0.25, 0.3) is 0 Å². The number of H-pyrrole nitrogens is 1. The molecule has 2 rings (SSSR count). The highest BCUT2D eigenvalue weighted by Gasteiger charge is 2.16. The topological polar surface area (TPSA) is 71.8 Å². The molecule has 1 heterocycles. The molecule has 0 unspecified atom stereocenters. The lowest BCUT2D eigenvalue weighted by Gasteiger charge is -1.96. The van der Waals surface area contributed by atoms with Gasteiger partial charge in [0.1, 0.15) is 5.69 Å². The lowest BCUT2D eigenvalue weighted by atomic mass is 10.1. The van der Waals surface area contributed by atoms with Crippen molar-refractivity contribution < 1.29 is 4.92 Å². The van der Waals surface area contributed by atoms with Gasteiger partial charge in [-0.25, -0.2) is 0 Å². The number of nitrogens with zero attached hydrogens (tertiary/aromatic N) is 2. The standard InChI is InChI=1S/C10H9N3O2/c14-13(15)10-7-11-12-9(10)6-8-4-2-1-3-5-8/h1-5,7H,6H2,(H,11,12). The van der Waals surface area contributed by atoms with Gasteiger partial charge in [-0.2, -0.15) is 5.10 Å². The predicted octanol–water partition coefficient (Wildman–Crippen LogP) is 1.91. The van der Waals surface area contributed by atoms with E-state index < -0.39 is 4.92 Å². The molecule has 76 valence electrons. The molecule has 0 atom stereocenters. The van der Waals surface area contributed by atoms with E-state index in [0.717, 1.165) is 5.56 Å². The zero-order valence-corrected chi connectivity index (χ0v) is 7.88. The number of rotatable bonds is 3. The van der Waals surface area contributed by atoms with E-state index in [2.05, 4.69) is 10.2 Å². The minimum Gasteiger partial charge on any atom is -0.278 e. The van der Waals surface area contributed by atoms with Crippen molar-refractivity contribution in [3.63, 3.8) is 0 Å². The van der Waals surface area contributed by atoms with E-state index in [-0.39, 0.29) is 5.69 Å². The summed E-state index contributed by atoms with van der Waals surface area (Å²) >= 11 is 0. The van der Waals surface area contributed by atoms with E-state index in [1.807, 2.05) is 30.3 Å². The largest absolute Gasteiger partial charge is 0.310 e. The molecule has 5 heteroatoms. The molecule has 0 fully saturated rings. The van der Waals surface area contributed by atoms with E-state index in [9.17, 15) is 10.1 Å². The van der Waals surface area contributed by atoms with Crippen molar-refractivity contribution in [2.45, 2.75) is 6.42 Å². The molecule has 0 saturated heterocycles. The molecule has 0 aliphatic heterocycles. The van der Waals surface area contributed by atoms with Crippen LogP contribution in [0.15, 0.2) is 36.5 Å². The quantitative estimate of drug-likeness (QED) is 0.611. The second-order valence-corrected chi connectivity index (χ2v) is 3.14. The van der Waals surface area contributed by atoms with Gasteiger partial charge >= 0.3 is 5.69 Å². The van der Waals surface area contributed by atoms with Gasteiger partial charge in [-0.3, -0.25) is 15.2 Å². The van der Waals surface area contributed by atoms with E-state index in [1.54, 1.807) is 0 Å². The summed E-state index contributed by atoms with van der Waals surface area (Å²) in [7, 11) is 0. The zero-order valence-electron chi connectivity index (χ0n) is 7.88. The highest BCUT2D eigenvalue weighted by atomic mass is 16.6. The summed E-state index contributed by atoms with van der Waals surface area (Å²) in [5, 5.41) is 17.0. The van der Waals surface area contributed by atoms with Crippen LogP contribution in [-0.2, 0) is 6.42 Å². The van der Waals surface area contributed by atoms with Gasteiger partial charge < -0.3 is 0 Å². The maximum Gasteiger partial charge on any atom is 0.310 e. The molecule has 0 spiro atoms. The molecule has 2 aromatic rings. The fourth-order valence-corrected chi connectivity index (χ4v) is 1.39. The van der Waals surface area contributed by atoms with Gasteiger partial charge in [0.2, 0.25) is 0 Å². The van der Waals surface area contributed by atoms with E-state index in [1.165, 1.54) is 6.20 Å². The molecule has 0 saturated carbocycles. The highest BCUT2D eigenvalue weighted by molar-refractivity contribution is 5.35. The van der Waals surface area contributed by atoms with Crippen LogP contribution in [0.3, 0.4) is 0 Å². The summed E-state index contributed by atoms with van der Waals surface area (Å²) in [4.78, 5) is 10.2. The van der Waals surface area contributed by atoms with Crippen LogP contribution in [0.4, 0.5) is 5.69 Å². The average molecular weight is 203 g/mol. The summed E-state index contributed by atoms with van der Waals surface area (Å²) in [5.41, 5.74) is 1.51. The molecule has 15 heavy (non-hydrogen) atoms. The van der Waals surface area contributed by atoms with Crippen LogP contribution in [0.2, 0.25) is 0 Å². The lowest BCUT2D eigenvalue weighted by molar-refractivity contribution is -0.385. The third-order valence-electron chi connectivity index (χ3n) is 2.11. The molecule has 0 amide bonds. The van der Waals surface area contributed by atoms with Crippen LogP contribution in [0, 0.1) is 10.1 Å². The Morgan fingerprint density at radius 2 is 2.07 bits per heavy atom. The fraction of sp³-hybridized carbons (Fsp3) is 0.100. The number of nitro groups is 1. The van der Waals surface area contributed by atoms with Crippen LogP contribution in [0.25, 0.3) is 0 Å². The Hall–Kier alpha value is -2.17. The smallest absolute Gasteiger partial charge is 0.278 e. The van der Waals surface area contributed by atoms with Crippen LogP contribution in [0.5, 0.6) is 0 Å². The molecular weight excluding hydrogens is 194 g/mol. The SMILES string of the molecule is O=[N+]([O-])c1c[nH]nc1Cc1ccccc1. The van der Waals surface area contributed by atoms with Gasteiger partial charge in [0.05, 0.1) is 11.1 Å². The molecule has 0 radical (unpaired) electrons. The maximum atomic E-state index is 10.6. The van der Waals surface area contributed by atoms with Gasteiger partial charge in [-0.05, 0) is 5.56 Å². The molecule has 1 N–H and O–H groups in total. The van der Waals surface area contributed by atoms with Gasteiger partial charge in [-0.15, -0.1) is 0 Å². The summed E-state index contributed by atoms with van der Waals surface area (Å²) < 4.78 is 0. The average Bonchev–Trinajstić information content (AvgIpc) is 2.67. The Labute approximate surface area is 85.9 Å². The van der Waals surface area contributed by atoms with Crippen molar-refractivity contribution in [2.75, 3.05) is 0 Å². The van der Waals surface area contributed by atoms with E-state index in [0.29, 0.717) is 12.1 Å². The van der Waals surface area contributed by atoms with Crippen LogP contribution >= 0.6 is 0 Å². The Kier molecular flexibility index (Phi) is 2.45. The number of aromatic nitrogens is 2. The predicted molar refractivity (Wildman–Crippen MR) is 54.5 cm³/mol. The summed E-state index contributed by atoms with van der Waals surface area (Å²) in [6.07, 6.45) is 1.78. The first kappa shape index (κ1) is 9.39. The van der Waals surface area contributed by atoms with Crippen molar-refractivity contribution in [3.8, 4) is 0 Å². The number of nitrogens with one attached hydrogen (secondary N) is 1. The first-order valence-electron chi connectivity index (χ1n) is 4.48. The summed E-state index contributed by atoms with van der Waals surface area (Å²) in [6.45, 7) is 0. The molecule has 1 aromatic carbocycles. The van der Waals surface area contributed by atoms with Crippen LogP contribution < -0.4 is 0 Å². The summed E-state index contributed by atoms with van der Waals surface area (Å²) in [5.74, 6) is 0. The Balaban J connectivity index is 2.25. The van der Waals surface area contributed by atoms with Crippen molar-refractivity contribution >= 4 is 5.69 Å². The van der Waals surface area contributed by atoms with Gasteiger partial charge in [0, 0.05) is 6.42 Å². The molecule has 5 nitrogen and oxygen atoms in total. The maximum absolute atomic E-state index is 10.6. The van der Waals surface area contributed by atoms with E-state index >= 15 is 0 Å². The summed E-state index contributed by atoms with van der Waals surface area (Å²) in [6, 6.07) is 9.53. The molecule has 0 bridgehead atoms. The first-order chi connectivity index (χ1) is 7.27. The normalized spacial score (nSPS) is 10.1. The van der Waals surface area contributed by atoms with Crippen LogP contribution in [-0.4, -0.2) is 15.1 Å². The Morgan fingerprint density at radius 1 is 1.33 bits per heavy atom. The molecule has 0 aliphatic carbocycles. The molecule has 1 aromatic heterocycles. The van der Waals surface area contributed by atoms with Crippen molar-refractivity contribution in [2.24, 2.45) is 0 Å². The number of benzene rings is 1. The van der Waals surface area contributed by atoms with Crippen molar-refractivity contribution in [1.29, 1.82) is 0 Å². The number of hydrogen-bond acceptors (Lipinski definition) is 3. The second-order valence-electron chi connectivity index (χ2n) is 3.14. The Morgan fingerprint density at radius 3 is 2.73 bits per heavy atom. The zero-order chi connectivity index (χ0) is 10.7. The second kappa shape index (κ2) is 3.91. The minimum absolute atomic E-state index is 0.0406. The Bertz CT molecular complexity index is 465. The van der Waals surface area contributed by atoms with Crippen molar-refractivity contribution in [1.82, 2.24) is 10.2 Å². The number of hydrogen-bond donors (Lipinski definition) is 1. The van der Waals surface area contributed by atoms with Crippen molar-refractivity contribution in [3.05, 3.63) is 57.9 Å². The van der Waals surface area contributed by atoms with Gasteiger partial charge in [-0.1, -0.05) is 30.3 Å². The first-order valence-corrected chi connectivity index (χ1v) is 4.48. The highest BCUT2D eigenvalue weighted by Crippen LogP contribution is 2.17. The van der Waals surface area contributed by atoms with Gasteiger partial charge in [0.15, 0.2) is 0 Å². The molecular formula is C10H9N3O2. The minimum atomic E-state index is -0.429. The third-order valence-corrected chi connectivity index (χ3v) is 2.11. The monoisotopic (exact) mass is 203 g/mol. The lowest BCUT2D eigenvalue weighted by Crippen LogP contribution is -1.94. The third kappa shape index (κ3) is 2.01. The molecule has 0 aliphatic rings. The number of aromatic amines is 1. The van der Waals surface area contributed by atoms with Crippen LogP contribution in [0.1, 0.15) is 11.3 Å².